The van der Waals surface area contributed by atoms with Gasteiger partial charge in [0.2, 0.25) is 0 Å². The first kappa shape index (κ1) is 11.7. The third-order valence-corrected chi connectivity index (χ3v) is 5.12. The second-order valence-corrected chi connectivity index (χ2v) is 6.76. The summed E-state index contributed by atoms with van der Waals surface area (Å²) in [5.41, 5.74) is 1.70. The van der Waals surface area contributed by atoms with E-state index in [9.17, 15) is 0 Å². The Hall–Kier alpha value is -0.410. The fourth-order valence-corrected chi connectivity index (χ4v) is 3.87. The summed E-state index contributed by atoms with van der Waals surface area (Å²) in [5, 5.41) is 7.34. The van der Waals surface area contributed by atoms with Crippen LogP contribution in [0.1, 0.15) is 49.2 Å². The molecule has 0 radical (unpaired) electrons. The minimum atomic E-state index is 0.386. The van der Waals surface area contributed by atoms with Crippen LogP contribution < -0.4 is 5.32 Å². The first-order valence-corrected chi connectivity index (χ1v) is 7.82. The van der Waals surface area contributed by atoms with Crippen molar-refractivity contribution in [3.05, 3.63) is 16.1 Å². The minimum Gasteiger partial charge on any atom is -0.311 e. The molecule has 1 saturated heterocycles. The summed E-state index contributed by atoms with van der Waals surface area (Å²) in [6, 6.07) is 0. The lowest BCUT2D eigenvalue weighted by atomic mass is 9.84. The van der Waals surface area contributed by atoms with Crippen molar-refractivity contribution < 1.29 is 0 Å². The van der Waals surface area contributed by atoms with Gasteiger partial charge >= 0.3 is 0 Å². The molecule has 1 aromatic heterocycles. The zero-order valence-electron chi connectivity index (χ0n) is 10.7. The molecule has 0 amide bonds. The second-order valence-electron chi connectivity index (χ2n) is 5.70. The average Bonchev–Trinajstić information content (AvgIpc) is 3.09. The molecule has 0 spiro atoms. The Balaban J connectivity index is 1.78. The van der Waals surface area contributed by atoms with E-state index in [4.69, 9.17) is 0 Å². The van der Waals surface area contributed by atoms with Gasteiger partial charge in [0.15, 0.2) is 0 Å². The number of aryl methyl sites for hydroxylation is 1. The van der Waals surface area contributed by atoms with Crippen LogP contribution in [0.25, 0.3) is 0 Å². The highest BCUT2D eigenvalue weighted by atomic mass is 32.1. The number of aromatic nitrogens is 1. The van der Waals surface area contributed by atoms with Gasteiger partial charge in [-0.15, -0.1) is 11.3 Å². The topological polar surface area (TPSA) is 24.9 Å². The molecule has 0 aromatic carbocycles. The minimum absolute atomic E-state index is 0.386. The number of thiazole rings is 1. The standard InChI is InChI=1S/C14H22N2S/c1-11-16-13(10-17-11)9-14(12-5-6-12)7-3-2-4-8-15-14/h10,12,15H,2-9H2,1H3. The van der Waals surface area contributed by atoms with Crippen LogP contribution in [0, 0.1) is 12.8 Å². The summed E-state index contributed by atoms with van der Waals surface area (Å²) < 4.78 is 0. The van der Waals surface area contributed by atoms with Crippen LogP contribution >= 0.6 is 11.3 Å². The van der Waals surface area contributed by atoms with Gasteiger partial charge < -0.3 is 5.32 Å². The van der Waals surface area contributed by atoms with Gasteiger partial charge in [-0.25, -0.2) is 4.98 Å². The molecule has 1 aromatic rings. The van der Waals surface area contributed by atoms with Gasteiger partial charge in [0.1, 0.15) is 0 Å². The van der Waals surface area contributed by atoms with Gasteiger partial charge in [0, 0.05) is 17.3 Å². The van der Waals surface area contributed by atoms with Crippen LogP contribution in [0.4, 0.5) is 0 Å². The van der Waals surface area contributed by atoms with Crippen LogP contribution in [-0.4, -0.2) is 17.1 Å². The van der Waals surface area contributed by atoms with E-state index in [1.807, 2.05) is 0 Å². The lowest BCUT2D eigenvalue weighted by Gasteiger charge is -2.34. The monoisotopic (exact) mass is 250 g/mol. The highest BCUT2D eigenvalue weighted by molar-refractivity contribution is 7.09. The predicted molar refractivity (Wildman–Crippen MR) is 72.5 cm³/mol. The van der Waals surface area contributed by atoms with Crippen LogP contribution in [0.2, 0.25) is 0 Å². The average molecular weight is 250 g/mol. The summed E-state index contributed by atoms with van der Waals surface area (Å²) in [6.45, 7) is 3.32. The van der Waals surface area contributed by atoms with Crippen LogP contribution in [-0.2, 0) is 6.42 Å². The number of nitrogens with zero attached hydrogens (tertiary/aromatic N) is 1. The molecule has 94 valence electrons. The Labute approximate surface area is 108 Å². The summed E-state index contributed by atoms with van der Waals surface area (Å²) in [7, 11) is 0. The molecule has 3 heteroatoms. The number of hydrogen-bond donors (Lipinski definition) is 1. The first-order chi connectivity index (χ1) is 8.28. The van der Waals surface area contributed by atoms with Gasteiger partial charge in [-0.05, 0) is 45.1 Å². The molecule has 1 aliphatic carbocycles. The van der Waals surface area contributed by atoms with Gasteiger partial charge in [0.25, 0.3) is 0 Å². The highest BCUT2D eigenvalue weighted by Gasteiger charge is 2.45. The van der Waals surface area contributed by atoms with Crippen LogP contribution in [0.5, 0.6) is 0 Å². The molecule has 1 saturated carbocycles. The maximum absolute atomic E-state index is 4.67. The molecule has 1 atom stereocenters. The predicted octanol–water partition coefficient (Wildman–Crippen LogP) is 3.31. The Morgan fingerprint density at radius 1 is 1.41 bits per heavy atom. The van der Waals surface area contributed by atoms with Crippen molar-refractivity contribution in [1.29, 1.82) is 0 Å². The van der Waals surface area contributed by atoms with Gasteiger partial charge in [-0.2, -0.15) is 0 Å². The van der Waals surface area contributed by atoms with E-state index in [0.29, 0.717) is 5.54 Å². The van der Waals surface area contributed by atoms with Crippen molar-refractivity contribution in [1.82, 2.24) is 10.3 Å². The quantitative estimate of drug-likeness (QED) is 0.890. The molecule has 3 rings (SSSR count). The SMILES string of the molecule is Cc1nc(CC2(C3CC3)CCCCCN2)cs1. The van der Waals surface area contributed by atoms with Crippen molar-refractivity contribution in [3.8, 4) is 0 Å². The first-order valence-electron chi connectivity index (χ1n) is 6.95. The Bertz CT molecular complexity index is 373. The molecular weight excluding hydrogens is 228 g/mol. The second kappa shape index (κ2) is 4.69. The number of nitrogens with one attached hydrogen (secondary N) is 1. The zero-order valence-corrected chi connectivity index (χ0v) is 11.5. The molecule has 1 unspecified atom stereocenters. The fourth-order valence-electron chi connectivity index (χ4n) is 3.26. The van der Waals surface area contributed by atoms with E-state index in [1.165, 1.54) is 55.8 Å². The van der Waals surface area contributed by atoms with Gasteiger partial charge in [0.05, 0.1) is 10.7 Å². The van der Waals surface area contributed by atoms with Crippen molar-refractivity contribution in [3.63, 3.8) is 0 Å². The Morgan fingerprint density at radius 3 is 3.00 bits per heavy atom. The largest absolute Gasteiger partial charge is 0.311 e. The van der Waals surface area contributed by atoms with E-state index in [-0.39, 0.29) is 0 Å². The summed E-state index contributed by atoms with van der Waals surface area (Å²) in [5.74, 6) is 0.919. The smallest absolute Gasteiger partial charge is 0.0897 e. The molecule has 2 nitrogen and oxygen atoms in total. The Morgan fingerprint density at radius 2 is 2.29 bits per heavy atom. The lowest BCUT2D eigenvalue weighted by molar-refractivity contribution is 0.269. The molecule has 0 bridgehead atoms. The number of rotatable bonds is 3. The third kappa shape index (κ3) is 2.55. The van der Waals surface area contributed by atoms with E-state index in [1.54, 1.807) is 11.3 Å². The summed E-state index contributed by atoms with van der Waals surface area (Å²) in [6.07, 6.45) is 9.51. The van der Waals surface area contributed by atoms with E-state index in [0.717, 1.165) is 12.3 Å². The van der Waals surface area contributed by atoms with E-state index >= 15 is 0 Å². The summed E-state index contributed by atoms with van der Waals surface area (Å²) >= 11 is 1.79. The molecule has 1 N–H and O–H groups in total. The lowest BCUT2D eigenvalue weighted by Crippen LogP contribution is -2.48. The number of hydrogen-bond acceptors (Lipinski definition) is 3. The van der Waals surface area contributed by atoms with E-state index < -0.39 is 0 Å². The van der Waals surface area contributed by atoms with Crippen LogP contribution in [0.3, 0.4) is 0 Å². The van der Waals surface area contributed by atoms with Crippen molar-refractivity contribution >= 4 is 11.3 Å². The molecule has 2 aliphatic rings. The van der Waals surface area contributed by atoms with Gasteiger partial charge in [-0.1, -0.05) is 12.8 Å². The highest BCUT2D eigenvalue weighted by Crippen LogP contribution is 2.45. The maximum atomic E-state index is 4.67. The third-order valence-electron chi connectivity index (χ3n) is 4.30. The van der Waals surface area contributed by atoms with Crippen molar-refractivity contribution in [2.75, 3.05) is 6.54 Å². The maximum Gasteiger partial charge on any atom is 0.0897 e. The molecule has 2 fully saturated rings. The van der Waals surface area contributed by atoms with E-state index in [2.05, 4.69) is 22.6 Å². The van der Waals surface area contributed by atoms with Crippen molar-refractivity contribution in [2.24, 2.45) is 5.92 Å². The molecular formula is C14H22N2S. The Kier molecular flexibility index (Phi) is 3.22. The normalized spacial score (nSPS) is 30.2. The summed E-state index contributed by atoms with van der Waals surface area (Å²) in [4.78, 5) is 4.67. The molecule has 1 aliphatic heterocycles. The van der Waals surface area contributed by atoms with Crippen LogP contribution in [0.15, 0.2) is 5.38 Å². The molecule has 2 heterocycles. The zero-order chi connectivity index (χ0) is 11.7. The fraction of sp³-hybridized carbons (Fsp3) is 0.786. The molecule has 17 heavy (non-hydrogen) atoms. The van der Waals surface area contributed by atoms with Crippen molar-refractivity contribution in [2.45, 2.75) is 57.4 Å². The van der Waals surface area contributed by atoms with Gasteiger partial charge in [-0.3, -0.25) is 0 Å².